The quantitative estimate of drug-likeness (QED) is 0.0321. The van der Waals surface area contributed by atoms with Crippen molar-refractivity contribution in [1.29, 1.82) is 0 Å². The molecule has 3 fully saturated rings. The SMILES string of the molecule is CCCCCCCC/C=C\CCCCCCCC(=O)OC(COC(=O)CCC(=O)O[C@H]1CC[C@@]2(C)C(=CCC3C2CC[C@@]2(C)C3CC[C@@H]2CCCCC(C)C)C1)CN(C)C. The van der Waals surface area contributed by atoms with Crippen LogP contribution < -0.4 is 0 Å². The molecule has 3 saturated carbocycles. The molecule has 8 atom stereocenters. The van der Waals surface area contributed by atoms with E-state index in [-0.39, 0.29) is 42.9 Å². The second-order valence-corrected chi connectivity index (χ2v) is 21.0. The molecule has 0 aromatic carbocycles. The maximum atomic E-state index is 13.0. The summed E-state index contributed by atoms with van der Waals surface area (Å²) in [5.41, 5.74) is 2.23. The number of carbonyl (C=O) groups excluding carboxylic acids is 3. The maximum Gasteiger partial charge on any atom is 0.306 e. The number of unbranched alkanes of at least 4 members (excludes halogenated alkanes) is 12. The van der Waals surface area contributed by atoms with Crippen molar-refractivity contribution in [2.75, 3.05) is 27.2 Å². The summed E-state index contributed by atoms with van der Waals surface area (Å²) in [5, 5.41) is 0. The minimum absolute atomic E-state index is 0.00284. The highest BCUT2D eigenvalue weighted by atomic mass is 16.6. The van der Waals surface area contributed by atoms with Gasteiger partial charge in [0.25, 0.3) is 0 Å². The van der Waals surface area contributed by atoms with Gasteiger partial charge in [-0.15, -0.1) is 0 Å². The number of ether oxygens (including phenoxy) is 3. The topological polar surface area (TPSA) is 82.1 Å². The first kappa shape index (κ1) is 50.5. The zero-order valence-electron chi connectivity index (χ0n) is 39.9. The fourth-order valence-electron chi connectivity index (χ4n) is 12.1. The lowest BCUT2D eigenvalue weighted by molar-refractivity contribution is -0.161. The van der Waals surface area contributed by atoms with E-state index in [2.05, 4.69) is 52.8 Å². The first-order chi connectivity index (χ1) is 28.9. The van der Waals surface area contributed by atoms with Crippen LogP contribution in [0.4, 0.5) is 0 Å². The molecule has 0 aromatic heterocycles. The highest BCUT2D eigenvalue weighted by Crippen LogP contribution is 2.67. The molecule has 4 rings (SSSR count). The molecule has 4 unspecified atom stereocenters. The third-order valence-corrected chi connectivity index (χ3v) is 15.6. The van der Waals surface area contributed by atoms with Crippen LogP contribution in [-0.2, 0) is 28.6 Å². The van der Waals surface area contributed by atoms with E-state index in [4.69, 9.17) is 14.2 Å². The summed E-state index contributed by atoms with van der Waals surface area (Å²) in [6, 6.07) is 0. The summed E-state index contributed by atoms with van der Waals surface area (Å²) < 4.78 is 17.3. The molecule has 0 heterocycles. The van der Waals surface area contributed by atoms with Gasteiger partial charge in [-0.2, -0.15) is 0 Å². The van der Waals surface area contributed by atoms with Crippen LogP contribution in [0.3, 0.4) is 0 Å². The van der Waals surface area contributed by atoms with Crippen molar-refractivity contribution in [3.63, 3.8) is 0 Å². The van der Waals surface area contributed by atoms with Crippen LogP contribution in [0.5, 0.6) is 0 Å². The smallest absolute Gasteiger partial charge is 0.306 e. The number of carbonyl (C=O) groups is 3. The van der Waals surface area contributed by atoms with Gasteiger partial charge in [0.15, 0.2) is 0 Å². The van der Waals surface area contributed by atoms with Crippen LogP contribution in [0.2, 0.25) is 0 Å². The van der Waals surface area contributed by atoms with Crippen molar-refractivity contribution in [1.82, 2.24) is 4.90 Å². The summed E-state index contributed by atoms with van der Waals surface area (Å²) in [6.07, 6.45) is 37.8. The Bertz CT molecular complexity index is 1340. The average Bonchev–Trinajstić information content (AvgIpc) is 3.55. The molecule has 4 aliphatic rings. The van der Waals surface area contributed by atoms with Crippen molar-refractivity contribution in [2.45, 2.75) is 227 Å². The third kappa shape index (κ3) is 16.2. The van der Waals surface area contributed by atoms with E-state index >= 15 is 0 Å². The van der Waals surface area contributed by atoms with Crippen molar-refractivity contribution >= 4 is 17.9 Å². The fraction of sp³-hybridized carbons (Fsp3) is 0.868. The zero-order valence-corrected chi connectivity index (χ0v) is 39.9. The molecule has 0 saturated heterocycles. The van der Waals surface area contributed by atoms with Crippen LogP contribution in [0, 0.1) is 40.4 Å². The molecular formula is C53H91NO6. The monoisotopic (exact) mass is 838 g/mol. The summed E-state index contributed by atoms with van der Waals surface area (Å²) in [6.45, 7) is 12.6. The number of allylic oxidation sites excluding steroid dienone is 3. The number of hydrogen-bond acceptors (Lipinski definition) is 7. The Hall–Kier alpha value is -2.15. The molecule has 0 spiro atoms. The van der Waals surface area contributed by atoms with E-state index < -0.39 is 12.1 Å². The summed E-state index contributed by atoms with van der Waals surface area (Å²) in [7, 11) is 3.81. The Morgan fingerprint density at radius 3 is 2.15 bits per heavy atom. The molecule has 0 amide bonds. The molecule has 0 aliphatic heterocycles. The molecule has 0 radical (unpaired) electrons. The number of hydrogen-bond donors (Lipinski definition) is 0. The molecule has 0 aromatic rings. The Kier molecular flexibility index (Phi) is 22.3. The number of fused-ring (bicyclic) bond motifs is 5. The lowest BCUT2D eigenvalue weighted by atomic mass is 9.47. The van der Waals surface area contributed by atoms with Crippen molar-refractivity contribution in [3.05, 3.63) is 23.8 Å². The molecule has 7 heteroatoms. The normalized spacial score (nSPS) is 27.9. The van der Waals surface area contributed by atoms with Gasteiger partial charge in [-0.25, -0.2) is 0 Å². The Morgan fingerprint density at radius 1 is 0.767 bits per heavy atom. The van der Waals surface area contributed by atoms with Gasteiger partial charge >= 0.3 is 17.9 Å². The van der Waals surface area contributed by atoms with E-state index in [9.17, 15) is 14.4 Å². The van der Waals surface area contributed by atoms with Gasteiger partial charge in [-0.3, -0.25) is 14.4 Å². The lowest BCUT2D eigenvalue weighted by Gasteiger charge is -2.58. The molecule has 0 bridgehead atoms. The molecule has 7 nitrogen and oxygen atoms in total. The van der Waals surface area contributed by atoms with E-state index in [1.807, 2.05) is 19.0 Å². The van der Waals surface area contributed by atoms with Crippen LogP contribution in [0.15, 0.2) is 23.8 Å². The van der Waals surface area contributed by atoms with E-state index in [0.717, 1.165) is 74.5 Å². The molecule has 4 aliphatic carbocycles. The highest BCUT2D eigenvalue weighted by Gasteiger charge is 2.58. The van der Waals surface area contributed by atoms with Gasteiger partial charge in [-0.1, -0.05) is 129 Å². The summed E-state index contributed by atoms with van der Waals surface area (Å²) in [5.74, 6) is 3.06. The van der Waals surface area contributed by atoms with Crippen LogP contribution in [0.1, 0.15) is 214 Å². The van der Waals surface area contributed by atoms with Crippen LogP contribution in [-0.4, -0.2) is 62.3 Å². The molecule has 60 heavy (non-hydrogen) atoms. The summed E-state index contributed by atoms with van der Waals surface area (Å²) >= 11 is 0. The third-order valence-electron chi connectivity index (χ3n) is 15.6. The predicted octanol–water partition coefficient (Wildman–Crippen LogP) is 13.5. The van der Waals surface area contributed by atoms with E-state index in [1.165, 1.54) is 121 Å². The van der Waals surface area contributed by atoms with Crippen LogP contribution >= 0.6 is 0 Å². The van der Waals surface area contributed by atoms with Crippen molar-refractivity contribution < 1.29 is 28.6 Å². The average molecular weight is 838 g/mol. The van der Waals surface area contributed by atoms with Crippen molar-refractivity contribution in [2.24, 2.45) is 40.4 Å². The number of esters is 3. The number of nitrogens with zero attached hydrogens (tertiary/aromatic N) is 1. The van der Waals surface area contributed by atoms with Gasteiger partial charge < -0.3 is 19.1 Å². The van der Waals surface area contributed by atoms with E-state index in [0.29, 0.717) is 18.4 Å². The molecule has 344 valence electrons. The minimum Gasteiger partial charge on any atom is -0.462 e. The zero-order chi connectivity index (χ0) is 43.4. The Morgan fingerprint density at radius 2 is 1.45 bits per heavy atom. The van der Waals surface area contributed by atoms with Gasteiger partial charge in [0.05, 0.1) is 12.8 Å². The Labute approximate surface area is 368 Å². The first-order valence-corrected chi connectivity index (χ1v) is 25.4. The lowest BCUT2D eigenvalue weighted by Crippen LogP contribution is -2.50. The van der Waals surface area contributed by atoms with Gasteiger partial charge in [0.1, 0.15) is 18.8 Å². The molecular weight excluding hydrogens is 747 g/mol. The predicted molar refractivity (Wildman–Crippen MR) is 246 cm³/mol. The largest absolute Gasteiger partial charge is 0.462 e. The molecule has 0 N–H and O–H groups in total. The standard InChI is InChI=1S/C53H91NO6/c1-8-9-10-11-12-13-14-15-16-17-18-19-20-21-22-27-50(56)60-45(39-54(6)7)40-58-49(55)32-33-51(57)59-44-34-36-53(5)43(38-44)28-30-46-47-31-29-42(26-24-23-25-41(2)3)52(47,4)37-35-48(46)53/h15-16,28,41-42,44-48H,8-14,17-27,29-40H2,1-7H3/b16-15-/t42-,44-,45?,46?,47?,48?,52+,53-/m0/s1. The van der Waals surface area contributed by atoms with Gasteiger partial charge in [0.2, 0.25) is 0 Å². The van der Waals surface area contributed by atoms with Gasteiger partial charge in [0, 0.05) is 19.4 Å². The summed E-state index contributed by atoms with van der Waals surface area (Å²) in [4.78, 5) is 40.3. The fourth-order valence-corrected chi connectivity index (χ4v) is 12.1. The first-order valence-electron chi connectivity index (χ1n) is 25.4. The van der Waals surface area contributed by atoms with Gasteiger partial charge in [-0.05, 0) is 138 Å². The number of rotatable bonds is 29. The van der Waals surface area contributed by atoms with E-state index in [1.54, 1.807) is 0 Å². The Balaban J connectivity index is 1.09. The number of likely N-dealkylation sites (N-methyl/N-ethyl adjacent to an activating group) is 1. The van der Waals surface area contributed by atoms with Crippen LogP contribution in [0.25, 0.3) is 0 Å². The second-order valence-electron chi connectivity index (χ2n) is 21.0. The highest BCUT2D eigenvalue weighted by molar-refractivity contribution is 5.77. The van der Waals surface area contributed by atoms with Crippen molar-refractivity contribution in [3.8, 4) is 0 Å². The minimum atomic E-state index is -0.543. The maximum absolute atomic E-state index is 13.0. The second kappa shape index (κ2) is 26.5.